The number of nitrogens with one attached hydrogen (secondary N) is 2. The molecular weight excluding hydrogens is 344 g/mol. The molecule has 1 heterocycles. The maximum atomic E-state index is 12.5. The van der Waals surface area contributed by atoms with Gasteiger partial charge in [-0.2, -0.15) is 5.26 Å². The average molecular weight is 356 g/mol. The Balaban J connectivity index is 2.03. The third kappa shape index (κ3) is 2.90. The van der Waals surface area contributed by atoms with Gasteiger partial charge in [0, 0.05) is 23.7 Å². The first-order valence-electron chi connectivity index (χ1n) is 7.11. The Kier molecular flexibility index (Phi) is 3.90. The van der Waals surface area contributed by atoms with Crippen LogP contribution >= 0.6 is 0 Å². The summed E-state index contributed by atoms with van der Waals surface area (Å²) in [7, 11) is -3.93. The van der Waals surface area contributed by atoms with E-state index in [9.17, 15) is 18.5 Å². The van der Waals surface area contributed by atoms with E-state index in [0.717, 1.165) is 17.7 Å². The van der Waals surface area contributed by atoms with Crippen molar-refractivity contribution in [3.05, 3.63) is 63.8 Å². The van der Waals surface area contributed by atoms with E-state index in [-0.39, 0.29) is 10.6 Å². The summed E-state index contributed by atoms with van der Waals surface area (Å²) in [5.74, 6) is 0. The fourth-order valence-corrected chi connectivity index (χ4v) is 3.62. The van der Waals surface area contributed by atoms with Gasteiger partial charge in [-0.15, -0.1) is 0 Å². The second kappa shape index (κ2) is 5.92. The molecule has 0 saturated heterocycles. The van der Waals surface area contributed by atoms with Gasteiger partial charge in [-0.1, -0.05) is 6.07 Å². The highest BCUT2D eigenvalue weighted by atomic mass is 32.2. The van der Waals surface area contributed by atoms with Crippen molar-refractivity contribution in [1.29, 1.82) is 5.26 Å². The normalized spacial score (nSPS) is 11.2. The second-order valence-electron chi connectivity index (χ2n) is 5.35. The molecule has 8 nitrogen and oxygen atoms in total. The minimum absolute atomic E-state index is 0.0983. The first kappa shape index (κ1) is 16.5. The predicted octanol–water partition coefficient (Wildman–Crippen LogP) is 3.06. The van der Waals surface area contributed by atoms with E-state index in [4.69, 9.17) is 5.26 Å². The molecular formula is C16H12N4O4S. The molecule has 0 unspecified atom stereocenters. The highest BCUT2D eigenvalue weighted by Crippen LogP contribution is 2.30. The van der Waals surface area contributed by atoms with E-state index in [1.165, 1.54) is 18.3 Å². The summed E-state index contributed by atoms with van der Waals surface area (Å²) in [5.41, 5.74) is 1.86. The quantitative estimate of drug-likeness (QED) is 0.548. The van der Waals surface area contributed by atoms with Crippen LogP contribution in [0.3, 0.4) is 0 Å². The van der Waals surface area contributed by atoms with Crippen LogP contribution in [0.25, 0.3) is 10.9 Å². The molecule has 1 aromatic heterocycles. The smallest absolute Gasteiger partial charge is 0.269 e. The number of benzene rings is 2. The number of aryl methyl sites for hydroxylation is 1. The first-order chi connectivity index (χ1) is 11.8. The van der Waals surface area contributed by atoms with E-state index in [0.29, 0.717) is 22.2 Å². The predicted molar refractivity (Wildman–Crippen MR) is 91.7 cm³/mol. The highest BCUT2D eigenvalue weighted by Gasteiger charge is 2.19. The van der Waals surface area contributed by atoms with Crippen molar-refractivity contribution in [2.24, 2.45) is 0 Å². The molecule has 0 bridgehead atoms. The summed E-state index contributed by atoms with van der Waals surface area (Å²) in [5, 5.41) is 20.5. The van der Waals surface area contributed by atoms with Crippen LogP contribution in [0.4, 0.5) is 11.4 Å². The largest absolute Gasteiger partial charge is 0.358 e. The molecule has 126 valence electrons. The van der Waals surface area contributed by atoms with Gasteiger partial charge in [0.25, 0.3) is 15.7 Å². The van der Waals surface area contributed by atoms with E-state index >= 15 is 0 Å². The van der Waals surface area contributed by atoms with Crippen molar-refractivity contribution in [1.82, 2.24) is 4.98 Å². The first-order valence-corrected chi connectivity index (χ1v) is 8.60. The third-order valence-corrected chi connectivity index (χ3v) is 5.15. The topological polar surface area (TPSA) is 129 Å². The minimum Gasteiger partial charge on any atom is -0.358 e. The summed E-state index contributed by atoms with van der Waals surface area (Å²) < 4.78 is 27.5. The molecule has 25 heavy (non-hydrogen) atoms. The molecule has 0 aliphatic heterocycles. The second-order valence-corrected chi connectivity index (χ2v) is 7.03. The zero-order chi connectivity index (χ0) is 18.2. The summed E-state index contributed by atoms with van der Waals surface area (Å²) in [6, 6.07) is 9.95. The Morgan fingerprint density at radius 1 is 1.20 bits per heavy atom. The monoisotopic (exact) mass is 356 g/mol. The molecule has 0 saturated carbocycles. The number of hydrogen-bond acceptors (Lipinski definition) is 5. The van der Waals surface area contributed by atoms with Gasteiger partial charge in [-0.25, -0.2) is 8.42 Å². The number of sulfonamides is 1. The highest BCUT2D eigenvalue weighted by molar-refractivity contribution is 7.92. The van der Waals surface area contributed by atoms with Crippen molar-refractivity contribution in [2.75, 3.05) is 4.72 Å². The number of hydrogen-bond donors (Lipinski definition) is 2. The number of H-pyrrole nitrogens is 1. The molecule has 0 atom stereocenters. The van der Waals surface area contributed by atoms with Crippen LogP contribution in [0.15, 0.2) is 47.5 Å². The number of nitro groups is 1. The van der Waals surface area contributed by atoms with Crippen LogP contribution in [0, 0.1) is 28.4 Å². The lowest BCUT2D eigenvalue weighted by Crippen LogP contribution is -2.13. The lowest BCUT2D eigenvalue weighted by molar-refractivity contribution is -0.384. The Morgan fingerprint density at radius 2 is 1.88 bits per heavy atom. The van der Waals surface area contributed by atoms with Crippen LogP contribution in [-0.4, -0.2) is 18.3 Å². The Morgan fingerprint density at radius 3 is 2.48 bits per heavy atom. The van der Waals surface area contributed by atoms with Gasteiger partial charge in [0.15, 0.2) is 0 Å². The van der Waals surface area contributed by atoms with E-state index in [1.54, 1.807) is 12.1 Å². The lowest BCUT2D eigenvalue weighted by atomic mass is 10.1. The number of aromatic nitrogens is 1. The Hall–Kier alpha value is -3.38. The van der Waals surface area contributed by atoms with Gasteiger partial charge in [0.05, 0.1) is 26.6 Å². The number of nitro benzene ring substituents is 1. The van der Waals surface area contributed by atoms with Gasteiger partial charge in [0.2, 0.25) is 0 Å². The van der Waals surface area contributed by atoms with Crippen LogP contribution in [0.2, 0.25) is 0 Å². The summed E-state index contributed by atoms with van der Waals surface area (Å²) >= 11 is 0. The number of aromatic amines is 1. The van der Waals surface area contributed by atoms with E-state index in [2.05, 4.69) is 15.8 Å². The van der Waals surface area contributed by atoms with Crippen molar-refractivity contribution < 1.29 is 13.3 Å². The van der Waals surface area contributed by atoms with Gasteiger partial charge in [0.1, 0.15) is 6.07 Å². The third-order valence-electron chi connectivity index (χ3n) is 3.77. The lowest BCUT2D eigenvalue weighted by Gasteiger charge is -2.10. The Bertz CT molecular complexity index is 1130. The van der Waals surface area contributed by atoms with Crippen molar-refractivity contribution >= 4 is 32.3 Å². The molecule has 3 rings (SSSR count). The molecule has 0 radical (unpaired) electrons. The molecule has 0 spiro atoms. The number of nitriles is 1. The number of non-ortho nitro benzene ring substituents is 1. The summed E-state index contributed by atoms with van der Waals surface area (Å²) in [6.07, 6.45) is 1.52. The van der Waals surface area contributed by atoms with Gasteiger partial charge in [-0.3, -0.25) is 14.8 Å². The van der Waals surface area contributed by atoms with Crippen LogP contribution in [0.5, 0.6) is 0 Å². The summed E-state index contributed by atoms with van der Waals surface area (Å²) in [4.78, 5) is 12.9. The van der Waals surface area contributed by atoms with Crippen molar-refractivity contribution in [2.45, 2.75) is 11.8 Å². The fraction of sp³-hybridized carbons (Fsp3) is 0.0625. The molecule has 0 aliphatic rings. The van der Waals surface area contributed by atoms with Gasteiger partial charge >= 0.3 is 0 Å². The minimum atomic E-state index is -3.93. The maximum absolute atomic E-state index is 12.5. The standard InChI is InChI=1S/C16H12N4O4S/c1-10-2-7-14(16-15(10)11(8-17)9-18-16)19-25(23,24)13-5-3-12(4-6-13)20(21)22/h2-7,9,18-19H,1H3. The van der Waals surface area contributed by atoms with E-state index < -0.39 is 14.9 Å². The van der Waals surface area contributed by atoms with Crippen molar-refractivity contribution in [3.8, 4) is 6.07 Å². The zero-order valence-electron chi connectivity index (χ0n) is 13.0. The summed E-state index contributed by atoms with van der Waals surface area (Å²) in [6.45, 7) is 1.83. The van der Waals surface area contributed by atoms with Crippen molar-refractivity contribution in [3.63, 3.8) is 0 Å². The van der Waals surface area contributed by atoms with Gasteiger partial charge < -0.3 is 4.98 Å². The SMILES string of the molecule is Cc1ccc(NS(=O)(=O)c2ccc([N+](=O)[O-])cc2)c2[nH]cc(C#N)c12. The maximum Gasteiger partial charge on any atom is 0.269 e. The fourth-order valence-electron chi connectivity index (χ4n) is 2.54. The van der Waals surface area contributed by atoms with Gasteiger partial charge in [-0.05, 0) is 30.7 Å². The number of anilines is 1. The van der Waals surface area contributed by atoms with Crippen LogP contribution in [-0.2, 0) is 10.0 Å². The molecule has 2 aromatic carbocycles. The molecule has 0 aliphatic carbocycles. The molecule has 2 N–H and O–H groups in total. The van der Waals surface area contributed by atoms with E-state index in [1.807, 2.05) is 6.92 Å². The Labute approximate surface area is 142 Å². The molecule has 9 heteroatoms. The zero-order valence-corrected chi connectivity index (χ0v) is 13.8. The van der Waals surface area contributed by atoms with Crippen LogP contribution in [0.1, 0.15) is 11.1 Å². The average Bonchev–Trinajstić information content (AvgIpc) is 3.02. The van der Waals surface area contributed by atoms with Crippen LogP contribution < -0.4 is 4.72 Å². The number of nitrogens with zero attached hydrogens (tertiary/aromatic N) is 2. The molecule has 0 fully saturated rings. The number of rotatable bonds is 4. The molecule has 3 aromatic rings. The molecule has 0 amide bonds. The number of fused-ring (bicyclic) bond motifs is 1.